The van der Waals surface area contributed by atoms with Gasteiger partial charge in [-0.15, -0.1) is 0 Å². The molecule has 0 heterocycles. The van der Waals surface area contributed by atoms with Crippen LogP contribution in [0, 0.1) is 0 Å². The summed E-state index contributed by atoms with van der Waals surface area (Å²) in [5, 5.41) is 2.80. The summed E-state index contributed by atoms with van der Waals surface area (Å²) >= 11 is 0. The quantitative estimate of drug-likeness (QED) is 0.812. The standard InChI is InChI=1S/C16H22N2O4/c1-5-11(2)17-15(20)10-18(12(3)19)14-9-7-6-8-13(14)16(21)22-4/h6-9,11H,5,10H2,1-4H3,(H,17,20). The van der Waals surface area contributed by atoms with E-state index in [-0.39, 0.29) is 30.0 Å². The van der Waals surface area contributed by atoms with E-state index in [1.54, 1.807) is 24.3 Å². The van der Waals surface area contributed by atoms with E-state index in [0.717, 1.165) is 6.42 Å². The molecule has 0 bridgehead atoms. The van der Waals surface area contributed by atoms with Crippen LogP contribution in [0.15, 0.2) is 24.3 Å². The Labute approximate surface area is 130 Å². The monoisotopic (exact) mass is 306 g/mol. The van der Waals surface area contributed by atoms with Gasteiger partial charge in [0, 0.05) is 13.0 Å². The number of carbonyl (C=O) groups excluding carboxylic acids is 3. The van der Waals surface area contributed by atoms with E-state index in [9.17, 15) is 14.4 Å². The van der Waals surface area contributed by atoms with E-state index in [4.69, 9.17) is 4.74 Å². The van der Waals surface area contributed by atoms with Gasteiger partial charge in [-0.1, -0.05) is 19.1 Å². The molecule has 1 aromatic rings. The summed E-state index contributed by atoms with van der Waals surface area (Å²) < 4.78 is 4.72. The van der Waals surface area contributed by atoms with Crippen molar-refractivity contribution < 1.29 is 19.1 Å². The number of hydrogen-bond acceptors (Lipinski definition) is 4. The molecule has 0 spiro atoms. The average Bonchev–Trinajstić information content (AvgIpc) is 2.51. The Morgan fingerprint density at radius 3 is 2.45 bits per heavy atom. The molecule has 1 atom stereocenters. The zero-order chi connectivity index (χ0) is 16.7. The van der Waals surface area contributed by atoms with Crippen molar-refractivity contribution in [2.75, 3.05) is 18.6 Å². The molecule has 0 aromatic heterocycles. The smallest absolute Gasteiger partial charge is 0.339 e. The predicted octanol–water partition coefficient (Wildman–Crippen LogP) is 1.74. The molecular formula is C16H22N2O4. The number of para-hydroxylation sites is 1. The van der Waals surface area contributed by atoms with Gasteiger partial charge < -0.3 is 15.0 Å². The Kier molecular flexibility index (Phi) is 6.56. The molecular weight excluding hydrogens is 284 g/mol. The molecule has 1 N–H and O–H groups in total. The molecule has 0 radical (unpaired) electrons. The minimum absolute atomic E-state index is 0.0251. The predicted molar refractivity (Wildman–Crippen MR) is 83.7 cm³/mol. The van der Waals surface area contributed by atoms with Gasteiger partial charge in [-0.2, -0.15) is 0 Å². The first-order chi connectivity index (χ1) is 10.4. The minimum Gasteiger partial charge on any atom is -0.465 e. The van der Waals surface area contributed by atoms with Gasteiger partial charge in [-0.05, 0) is 25.5 Å². The Bertz CT molecular complexity index is 557. The summed E-state index contributed by atoms with van der Waals surface area (Å²) in [7, 11) is 1.27. The van der Waals surface area contributed by atoms with Crippen molar-refractivity contribution in [1.82, 2.24) is 5.32 Å². The van der Waals surface area contributed by atoms with E-state index in [1.165, 1.54) is 18.9 Å². The van der Waals surface area contributed by atoms with Crippen molar-refractivity contribution in [2.45, 2.75) is 33.2 Å². The van der Waals surface area contributed by atoms with E-state index >= 15 is 0 Å². The zero-order valence-corrected chi connectivity index (χ0v) is 13.4. The Balaban J connectivity index is 3.04. The van der Waals surface area contributed by atoms with Gasteiger partial charge in [0.2, 0.25) is 11.8 Å². The highest BCUT2D eigenvalue weighted by Crippen LogP contribution is 2.21. The Morgan fingerprint density at radius 2 is 1.91 bits per heavy atom. The summed E-state index contributed by atoms with van der Waals surface area (Å²) in [6.07, 6.45) is 0.796. The molecule has 1 aromatic carbocycles. The van der Waals surface area contributed by atoms with Gasteiger partial charge in [0.15, 0.2) is 0 Å². The van der Waals surface area contributed by atoms with Crippen LogP contribution >= 0.6 is 0 Å². The average molecular weight is 306 g/mol. The van der Waals surface area contributed by atoms with Crippen molar-refractivity contribution in [3.63, 3.8) is 0 Å². The fraction of sp³-hybridized carbons (Fsp3) is 0.438. The minimum atomic E-state index is -0.552. The summed E-state index contributed by atoms with van der Waals surface area (Å²) in [5.74, 6) is -1.15. The molecule has 6 nitrogen and oxygen atoms in total. The van der Waals surface area contributed by atoms with E-state index < -0.39 is 5.97 Å². The van der Waals surface area contributed by atoms with Crippen molar-refractivity contribution in [3.05, 3.63) is 29.8 Å². The van der Waals surface area contributed by atoms with Crippen LogP contribution in [0.3, 0.4) is 0 Å². The van der Waals surface area contributed by atoms with Crippen LogP contribution in [0.1, 0.15) is 37.6 Å². The first-order valence-corrected chi connectivity index (χ1v) is 7.15. The first kappa shape index (κ1) is 17.7. The van der Waals surface area contributed by atoms with Crippen LogP contribution in [0.25, 0.3) is 0 Å². The van der Waals surface area contributed by atoms with Gasteiger partial charge in [0.05, 0.1) is 18.4 Å². The summed E-state index contributed by atoms with van der Waals surface area (Å²) in [6, 6.07) is 6.57. The fourth-order valence-corrected chi connectivity index (χ4v) is 1.92. The summed E-state index contributed by atoms with van der Waals surface area (Å²) in [4.78, 5) is 37.0. The molecule has 6 heteroatoms. The summed E-state index contributed by atoms with van der Waals surface area (Å²) in [6.45, 7) is 5.05. The lowest BCUT2D eigenvalue weighted by Gasteiger charge is -2.23. The molecule has 0 aliphatic carbocycles. The number of esters is 1. The maximum absolute atomic E-state index is 12.0. The number of hydrogen-bond donors (Lipinski definition) is 1. The lowest BCUT2D eigenvalue weighted by atomic mass is 10.1. The number of amides is 2. The van der Waals surface area contributed by atoms with Crippen molar-refractivity contribution in [3.8, 4) is 0 Å². The molecule has 0 fully saturated rings. The molecule has 120 valence electrons. The van der Waals surface area contributed by atoms with E-state index in [1.807, 2.05) is 13.8 Å². The lowest BCUT2D eigenvalue weighted by Crippen LogP contribution is -2.43. The molecule has 0 saturated carbocycles. The van der Waals surface area contributed by atoms with Crippen LogP contribution in [0.2, 0.25) is 0 Å². The third kappa shape index (κ3) is 4.58. The normalized spacial score (nSPS) is 11.5. The fourth-order valence-electron chi connectivity index (χ4n) is 1.92. The number of anilines is 1. The number of ether oxygens (including phenoxy) is 1. The Hall–Kier alpha value is -2.37. The second-order valence-electron chi connectivity index (χ2n) is 4.99. The second kappa shape index (κ2) is 8.17. The van der Waals surface area contributed by atoms with Gasteiger partial charge in [0.1, 0.15) is 6.54 Å². The highest BCUT2D eigenvalue weighted by atomic mass is 16.5. The molecule has 0 saturated heterocycles. The van der Waals surface area contributed by atoms with E-state index in [2.05, 4.69) is 5.32 Å². The maximum Gasteiger partial charge on any atom is 0.339 e. The number of nitrogens with one attached hydrogen (secondary N) is 1. The summed E-state index contributed by atoms with van der Waals surface area (Å²) in [5.41, 5.74) is 0.609. The van der Waals surface area contributed by atoms with Crippen LogP contribution in [0.4, 0.5) is 5.69 Å². The third-order valence-electron chi connectivity index (χ3n) is 3.30. The van der Waals surface area contributed by atoms with Crippen molar-refractivity contribution in [1.29, 1.82) is 0 Å². The van der Waals surface area contributed by atoms with Gasteiger partial charge in [-0.25, -0.2) is 4.79 Å². The van der Waals surface area contributed by atoms with Crippen molar-refractivity contribution >= 4 is 23.5 Å². The van der Waals surface area contributed by atoms with Crippen molar-refractivity contribution in [2.24, 2.45) is 0 Å². The number of methoxy groups -OCH3 is 1. The number of benzene rings is 1. The molecule has 2 amide bonds. The molecule has 1 unspecified atom stereocenters. The van der Waals surface area contributed by atoms with Crippen LogP contribution < -0.4 is 10.2 Å². The largest absolute Gasteiger partial charge is 0.465 e. The Morgan fingerprint density at radius 1 is 1.27 bits per heavy atom. The van der Waals surface area contributed by atoms with Crippen LogP contribution in [0.5, 0.6) is 0 Å². The van der Waals surface area contributed by atoms with Crippen LogP contribution in [-0.2, 0) is 14.3 Å². The van der Waals surface area contributed by atoms with Gasteiger partial charge in [0.25, 0.3) is 0 Å². The molecule has 22 heavy (non-hydrogen) atoms. The number of rotatable bonds is 6. The van der Waals surface area contributed by atoms with Crippen LogP contribution in [-0.4, -0.2) is 37.5 Å². The highest BCUT2D eigenvalue weighted by Gasteiger charge is 2.22. The molecule has 1 rings (SSSR count). The number of carbonyl (C=O) groups is 3. The highest BCUT2D eigenvalue weighted by molar-refractivity contribution is 6.04. The number of nitrogens with zero attached hydrogens (tertiary/aromatic N) is 1. The molecule has 0 aliphatic rings. The van der Waals surface area contributed by atoms with Gasteiger partial charge in [-0.3, -0.25) is 9.59 Å². The van der Waals surface area contributed by atoms with Gasteiger partial charge >= 0.3 is 5.97 Å². The first-order valence-electron chi connectivity index (χ1n) is 7.15. The third-order valence-corrected chi connectivity index (χ3v) is 3.30. The second-order valence-corrected chi connectivity index (χ2v) is 4.99. The maximum atomic E-state index is 12.0. The topological polar surface area (TPSA) is 75.7 Å². The SMILES string of the molecule is CCC(C)NC(=O)CN(C(C)=O)c1ccccc1C(=O)OC. The van der Waals surface area contributed by atoms with E-state index in [0.29, 0.717) is 5.69 Å². The molecule has 0 aliphatic heterocycles. The lowest BCUT2D eigenvalue weighted by molar-refractivity contribution is -0.123. The zero-order valence-electron chi connectivity index (χ0n) is 13.4.